The van der Waals surface area contributed by atoms with Crippen molar-refractivity contribution in [2.45, 2.75) is 0 Å². The van der Waals surface area contributed by atoms with Crippen molar-refractivity contribution in [1.82, 2.24) is 4.57 Å². The molecule has 0 aliphatic carbocycles. The molecule has 0 bridgehead atoms. The molecule has 2 nitrogen and oxygen atoms in total. The zero-order valence-corrected chi connectivity index (χ0v) is 36.1. The van der Waals surface area contributed by atoms with Gasteiger partial charge >= 0.3 is 0 Å². The fraction of sp³-hybridized carbons (Fsp3) is 0. The van der Waals surface area contributed by atoms with Gasteiger partial charge in [-0.3, -0.25) is 0 Å². The zero-order chi connectivity index (χ0) is 43.6. The van der Waals surface area contributed by atoms with Gasteiger partial charge in [-0.1, -0.05) is 206 Å². The zero-order valence-electron chi connectivity index (χ0n) is 36.1. The van der Waals surface area contributed by atoms with E-state index < -0.39 is 0 Å². The highest BCUT2D eigenvalue weighted by Gasteiger charge is 2.25. The van der Waals surface area contributed by atoms with E-state index >= 15 is 0 Å². The van der Waals surface area contributed by atoms with Crippen LogP contribution in [0.3, 0.4) is 0 Å². The Bertz CT molecular complexity index is 3990. The number of anilines is 3. The molecule has 66 heavy (non-hydrogen) atoms. The van der Waals surface area contributed by atoms with E-state index in [9.17, 15) is 0 Å². The topological polar surface area (TPSA) is 8.17 Å². The van der Waals surface area contributed by atoms with E-state index in [2.05, 4.69) is 264 Å². The first kappa shape index (κ1) is 37.8. The van der Waals surface area contributed by atoms with Crippen LogP contribution < -0.4 is 4.90 Å². The van der Waals surface area contributed by atoms with Crippen LogP contribution in [0.1, 0.15) is 0 Å². The van der Waals surface area contributed by atoms with Crippen LogP contribution in [-0.4, -0.2) is 4.57 Å². The molecule has 0 unspecified atom stereocenters. The van der Waals surface area contributed by atoms with Crippen LogP contribution in [0.5, 0.6) is 0 Å². The molecule has 0 aliphatic rings. The molecule has 0 fully saturated rings. The molecular weight excluding hydrogens is 797 g/mol. The highest BCUT2D eigenvalue weighted by Crippen LogP contribution is 2.49. The summed E-state index contributed by atoms with van der Waals surface area (Å²) in [6, 6.07) is 93.5. The Morgan fingerprint density at radius 1 is 0.273 bits per heavy atom. The SMILES string of the molecule is c1ccc(-c2c(-c3ccccc3)c3cc(N(c4cccc(-c5ccc6ccccc6c5)c4)c4cccc5c6ccccc6n(-c6cccc7ccccc67)c45)ccc3c3ccccc23)cc1. The molecule has 0 N–H and O–H groups in total. The Kier molecular flexibility index (Phi) is 8.89. The Labute approximate surface area is 383 Å². The van der Waals surface area contributed by atoms with E-state index in [-0.39, 0.29) is 0 Å². The molecule has 0 spiro atoms. The quantitative estimate of drug-likeness (QED) is 0.145. The monoisotopic (exact) mass is 838 g/mol. The maximum atomic E-state index is 2.50. The van der Waals surface area contributed by atoms with Crippen molar-refractivity contribution >= 4 is 82.0 Å². The van der Waals surface area contributed by atoms with E-state index in [4.69, 9.17) is 0 Å². The summed E-state index contributed by atoms with van der Waals surface area (Å²) in [6.45, 7) is 0. The third-order valence-electron chi connectivity index (χ3n) is 13.5. The molecule has 0 atom stereocenters. The minimum Gasteiger partial charge on any atom is -0.308 e. The lowest BCUT2D eigenvalue weighted by Crippen LogP contribution is -2.12. The predicted octanol–water partition coefficient (Wildman–Crippen LogP) is 17.9. The van der Waals surface area contributed by atoms with Crippen molar-refractivity contribution in [1.29, 1.82) is 0 Å². The van der Waals surface area contributed by atoms with E-state index in [0.717, 1.165) is 33.8 Å². The van der Waals surface area contributed by atoms with E-state index in [1.165, 1.54) is 87.2 Å². The fourth-order valence-corrected chi connectivity index (χ4v) is 10.6. The summed E-state index contributed by atoms with van der Waals surface area (Å²) in [5.41, 5.74) is 13.9. The maximum absolute atomic E-state index is 2.50. The molecule has 0 saturated carbocycles. The van der Waals surface area contributed by atoms with Gasteiger partial charge in [-0.15, -0.1) is 0 Å². The molecule has 0 amide bonds. The Hall–Kier alpha value is -8.72. The summed E-state index contributed by atoms with van der Waals surface area (Å²) < 4.78 is 2.50. The second kappa shape index (κ2) is 15.5. The first-order valence-electron chi connectivity index (χ1n) is 22.8. The van der Waals surface area contributed by atoms with E-state index in [1.807, 2.05) is 0 Å². The number of nitrogens with zero attached hydrogens (tertiary/aromatic N) is 2. The molecule has 1 heterocycles. The summed E-state index contributed by atoms with van der Waals surface area (Å²) in [4.78, 5) is 2.50. The summed E-state index contributed by atoms with van der Waals surface area (Å²) in [5.74, 6) is 0. The lowest BCUT2D eigenvalue weighted by molar-refractivity contribution is 1.18. The summed E-state index contributed by atoms with van der Waals surface area (Å²) in [6.07, 6.45) is 0. The lowest BCUT2D eigenvalue weighted by atomic mass is 9.85. The van der Waals surface area contributed by atoms with Crippen molar-refractivity contribution in [2.24, 2.45) is 0 Å². The summed E-state index contributed by atoms with van der Waals surface area (Å²) in [7, 11) is 0. The molecule has 0 aliphatic heterocycles. The molecule has 12 aromatic carbocycles. The third-order valence-corrected chi connectivity index (χ3v) is 13.5. The smallest absolute Gasteiger partial charge is 0.0782 e. The number of rotatable bonds is 7. The highest BCUT2D eigenvalue weighted by atomic mass is 15.2. The van der Waals surface area contributed by atoms with Gasteiger partial charge in [-0.2, -0.15) is 0 Å². The minimum atomic E-state index is 1.08. The van der Waals surface area contributed by atoms with Crippen molar-refractivity contribution in [3.05, 3.63) is 255 Å². The highest BCUT2D eigenvalue weighted by molar-refractivity contribution is 6.23. The first-order chi connectivity index (χ1) is 32.8. The number of hydrogen-bond donors (Lipinski definition) is 0. The molecule has 2 heteroatoms. The van der Waals surface area contributed by atoms with Crippen LogP contribution in [0.4, 0.5) is 17.1 Å². The van der Waals surface area contributed by atoms with Crippen LogP contribution in [-0.2, 0) is 0 Å². The molecular formula is C64H42N2. The second-order valence-electron chi connectivity index (χ2n) is 17.2. The Balaban J connectivity index is 1.15. The standard InChI is InChI=1S/C64H42N2/c1-3-20-45(21-4-1)62-56-31-12-11-29-53(56)54-39-38-51(42-58(54)63(62)46-22-5-2-6-23-46)65(50-27-15-26-48(41-50)49-37-36-43-18-7-8-24-47(43)40-49)61-35-17-32-57-55-30-13-14-33-60(55)66(64(57)61)59-34-16-25-44-19-9-10-28-52(44)59/h1-42H. The number of fused-ring (bicyclic) bond motifs is 8. The molecule has 0 saturated heterocycles. The average molecular weight is 839 g/mol. The lowest BCUT2D eigenvalue weighted by Gasteiger charge is -2.29. The Morgan fingerprint density at radius 3 is 1.62 bits per heavy atom. The molecule has 1 aromatic heterocycles. The minimum absolute atomic E-state index is 1.08. The number of hydrogen-bond acceptors (Lipinski definition) is 1. The second-order valence-corrected chi connectivity index (χ2v) is 17.2. The Morgan fingerprint density at radius 2 is 0.818 bits per heavy atom. The van der Waals surface area contributed by atoms with Crippen molar-refractivity contribution < 1.29 is 0 Å². The molecule has 0 radical (unpaired) electrons. The normalized spacial score (nSPS) is 11.6. The molecule has 13 aromatic rings. The fourth-order valence-electron chi connectivity index (χ4n) is 10.6. The van der Waals surface area contributed by atoms with Crippen LogP contribution in [0, 0.1) is 0 Å². The molecule has 13 rings (SSSR count). The van der Waals surface area contributed by atoms with Crippen LogP contribution in [0.2, 0.25) is 0 Å². The van der Waals surface area contributed by atoms with Crippen LogP contribution >= 0.6 is 0 Å². The van der Waals surface area contributed by atoms with Gasteiger partial charge in [0.25, 0.3) is 0 Å². The van der Waals surface area contributed by atoms with Crippen LogP contribution in [0.15, 0.2) is 255 Å². The average Bonchev–Trinajstić information content (AvgIpc) is 3.73. The van der Waals surface area contributed by atoms with Crippen molar-refractivity contribution in [3.63, 3.8) is 0 Å². The van der Waals surface area contributed by atoms with E-state index in [0.29, 0.717) is 0 Å². The molecule has 308 valence electrons. The van der Waals surface area contributed by atoms with Gasteiger partial charge in [0.2, 0.25) is 0 Å². The van der Waals surface area contributed by atoms with Gasteiger partial charge in [0.1, 0.15) is 0 Å². The van der Waals surface area contributed by atoms with Gasteiger partial charge in [-0.05, 0) is 120 Å². The maximum Gasteiger partial charge on any atom is 0.0782 e. The van der Waals surface area contributed by atoms with Gasteiger partial charge in [0, 0.05) is 27.5 Å². The number of benzene rings is 12. The largest absolute Gasteiger partial charge is 0.308 e. The van der Waals surface area contributed by atoms with Crippen molar-refractivity contribution in [3.8, 4) is 39.1 Å². The van der Waals surface area contributed by atoms with Gasteiger partial charge < -0.3 is 9.47 Å². The van der Waals surface area contributed by atoms with Gasteiger partial charge in [-0.25, -0.2) is 0 Å². The summed E-state index contributed by atoms with van der Waals surface area (Å²) in [5, 5.41) is 12.2. The number of para-hydroxylation sites is 2. The number of aromatic nitrogens is 1. The van der Waals surface area contributed by atoms with E-state index in [1.54, 1.807) is 0 Å². The summed E-state index contributed by atoms with van der Waals surface area (Å²) >= 11 is 0. The predicted molar refractivity (Wildman–Crippen MR) is 282 cm³/mol. The van der Waals surface area contributed by atoms with Gasteiger partial charge in [0.05, 0.1) is 22.4 Å². The van der Waals surface area contributed by atoms with Gasteiger partial charge in [0.15, 0.2) is 0 Å². The van der Waals surface area contributed by atoms with Crippen LogP contribution in [0.25, 0.3) is 104 Å². The van der Waals surface area contributed by atoms with Crippen molar-refractivity contribution in [2.75, 3.05) is 4.90 Å². The third kappa shape index (κ3) is 6.11. The first-order valence-corrected chi connectivity index (χ1v) is 22.8.